The van der Waals surface area contributed by atoms with Crippen molar-refractivity contribution in [1.29, 1.82) is 0 Å². The fourth-order valence-corrected chi connectivity index (χ4v) is 3.20. The highest BCUT2D eigenvalue weighted by atomic mass is 19.1. The molecule has 27 heavy (non-hydrogen) atoms. The minimum Gasteiger partial charge on any atom is -0.467 e. The molecule has 7 heteroatoms. The van der Waals surface area contributed by atoms with E-state index >= 15 is 0 Å². The maximum absolute atomic E-state index is 13.8. The van der Waals surface area contributed by atoms with E-state index in [1.54, 1.807) is 0 Å². The molecule has 0 aromatic heterocycles. The van der Waals surface area contributed by atoms with E-state index in [1.165, 1.54) is 12.1 Å². The smallest absolute Gasteiger partial charge is 0.264 e. The zero-order chi connectivity index (χ0) is 18.6. The molecule has 2 aliphatic heterocycles. The highest BCUT2D eigenvalue weighted by Crippen LogP contribution is 2.29. The highest BCUT2D eigenvalue weighted by molar-refractivity contribution is 6.04. The summed E-state index contributed by atoms with van der Waals surface area (Å²) in [5.74, 6) is 0.0621. The molecule has 2 aliphatic rings. The Morgan fingerprint density at radius 2 is 2.11 bits per heavy atom. The van der Waals surface area contributed by atoms with Gasteiger partial charge in [0.1, 0.15) is 11.6 Å². The Labute approximate surface area is 155 Å². The average Bonchev–Trinajstić information content (AvgIpc) is 3.19. The number of carbonyl (C=O) groups excluding carboxylic acids is 1. The van der Waals surface area contributed by atoms with E-state index in [2.05, 4.69) is 10.5 Å². The number of carbonyl (C=O) groups is 1. The van der Waals surface area contributed by atoms with E-state index in [0.29, 0.717) is 42.9 Å². The van der Waals surface area contributed by atoms with Crippen LogP contribution in [0, 0.1) is 5.82 Å². The number of hydrogen-bond acceptors (Lipinski definition) is 5. The normalized spacial score (nSPS) is 18.1. The molecule has 2 aromatic rings. The van der Waals surface area contributed by atoms with E-state index in [4.69, 9.17) is 14.3 Å². The number of amides is 1. The molecule has 1 amide bonds. The summed E-state index contributed by atoms with van der Waals surface area (Å²) in [4.78, 5) is 17.6. The number of benzene rings is 2. The highest BCUT2D eigenvalue weighted by Gasteiger charge is 2.28. The number of oxime groups is 1. The van der Waals surface area contributed by atoms with Gasteiger partial charge in [0, 0.05) is 18.5 Å². The molecule has 6 nitrogen and oxygen atoms in total. The molecule has 0 saturated carbocycles. The van der Waals surface area contributed by atoms with Gasteiger partial charge in [-0.15, -0.1) is 0 Å². The van der Waals surface area contributed by atoms with Gasteiger partial charge < -0.3 is 19.6 Å². The molecular weight excluding hydrogens is 351 g/mol. The summed E-state index contributed by atoms with van der Waals surface area (Å²) in [6.07, 6.45) is 0.225. The van der Waals surface area contributed by atoms with Crippen LogP contribution in [-0.2, 0) is 27.4 Å². The van der Waals surface area contributed by atoms with E-state index < -0.39 is 6.10 Å². The van der Waals surface area contributed by atoms with Gasteiger partial charge in [0.15, 0.2) is 6.79 Å². The largest absolute Gasteiger partial charge is 0.467 e. The van der Waals surface area contributed by atoms with Gasteiger partial charge in [0.05, 0.1) is 12.3 Å². The van der Waals surface area contributed by atoms with Crippen molar-refractivity contribution in [2.75, 3.05) is 13.3 Å². The van der Waals surface area contributed by atoms with Crippen LogP contribution >= 0.6 is 0 Å². The molecule has 4 rings (SSSR count). The maximum atomic E-state index is 13.8. The molecule has 2 heterocycles. The Hall–Kier alpha value is -2.93. The predicted molar refractivity (Wildman–Crippen MR) is 95.9 cm³/mol. The zero-order valence-electron chi connectivity index (χ0n) is 14.6. The molecule has 140 valence electrons. The topological polar surface area (TPSA) is 69.2 Å². The summed E-state index contributed by atoms with van der Waals surface area (Å²) in [6, 6.07) is 12.4. The quantitative estimate of drug-likeness (QED) is 0.878. The van der Waals surface area contributed by atoms with Crippen LogP contribution in [0.5, 0.6) is 5.75 Å². The van der Waals surface area contributed by atoms with Crippen LogP contribution in [0.3, 0.4) is 0 Å². The Morgan fingerprint density at radius 3 is 2.96 bits per heavy atom. The first-order chi connectivity index (χ1) is 13.2. The number of ether oxygens (including phenoxy) is 2. The number of fused-ring (bicyclic) bond motifs is 1. The Bertz CT molecular complexity index is 870. The average molecular weight is 370 g/mol. The lowest BCUT2D eigenvalue weighted by Gasteiger charge is -2.21. The fraction of sp³-hybridized carbons (Fsp3) is 0.300. The van der Waals surface area contributed by atoms with Crippen molar-refractivity contribution in [2.24, 2.45) is 5.16 Å². The van der Waals surface area contributed by atoms with Gasteiger partial charge in [0.2, 0.25) is 6.10 Å². The van der Waals surface area contributed by atoms with Crippen molar-refractivity contribution in [2.45, 2.75) is 25.6 Å². The molecule has 0 saturated heterocycles. The minimum absolute atomic E-state index is 0.146. The van der Waals surface area contributed by atoms with Crippen molar-refractivity contribution in [3.05, 3.63) is 65.0 Å². The first kappa shape index (κ1) is 17.5. The van der Waals surface area contributed by atoms with Gasteiger partial charge in [-0.3, -0.25) is 4.79 Å². The lowest BCUT2D eigenvalue weighted by Crippen LogP contribution is -2.36. The van der Waals surface area contributed by atoms with Gasteiger partial charge in [-0.05, 0) is 29.7 Å². The minimum atomic E-state index is -0.647. The van der Waals surface area contributed by atoms with Crippen LogP contribution in [0.15, 0.2) is 47.6 Å². The molecule has 2 aromatic carbocycles. The first-order valence-electron chi connectivity index (χ1n) is 8.78. The molecule has 1 N–H and O–H groups in total. The zero-order valence-corrected chi connectivity index (χ0v) is 14.6. The molecular formula is C20H19FN2O4. The van der Waals surface area contributed by atoms with E-state index in [9.17, 15) is 9.18 Å². The van der Waals surface area contributed by atoms with Gasteiger partial charge in [-0.25, -0.2) is 4.39 Å². The predicted octanol–water partition coefficient (Wildman–Crippen LogP) is 2.54. The van der Waals surface area contributed by atoms with Crippen LogP contribution in [0.25, 0.3) is 0 Å². The second-order valence-electron chi connectivity index (χ2n) is 6.41. The summed E-state index contributed by atoms with van der Waals surface area (Å²) in [5.41, 5.74) is 3.09. The van der Waals surface area contributed by atoms with Gasteiger partial charge in [-0.1, -0.05) is 35.5 Å². The summed E-state index contributed by atoms with van der Waals surface area (Å²) >= 11 is 0. The second-order valence-corrected chi connectivity index (χ2v) is 6.41. The Balaban J connectivity index is 1.32. The van der Waals surface area contributed by atoms with Crippen molar-refractivity contribution in [1.82, 2.24) is 5.32 Å². The van der Waals surface area contributed by atoms with Crippen molar-refractivity contribution in [3.63, 3.8) is 0 Å². The third-order valence-corrected chi connectivity index (χ3v) is 4.51. The van der Waals surface area contributed by atoms with Crippen molar-refractivity contribution >= 4 is 11.6 Å². The van der Waals surface area contributed by atoms with E-state index in [-0.39, 0.29) is 18.5 Å². The second kappa shape index (κ2) is 7.75. The lowest BCUT2D eigenvalue weighted by atomic mass is 10.0. The summed E-state index contributed by atoms with van der Waals surface area (Å²) in [7, 11) is 0. The summed E-state index contributed by atoms with van der Waals surface area (Å²) in [6.45, 7) is 0.814. The third-order valence-electron chi connectivity index (χ3n) is 4.51. The summed E-state index contributed by atoms with van der Waals surface area (Å²) in [5, 5.41) is 6.84. The van der Waals surface area contributed by atoms with Gasteiger partial charge in [0.25, 0.3) is 5.91 Å². The Morgan fingerprint density at radius 1 is 1.26 bits per heavy atom. The van der Waals surface area contributed by atoms with Gasteiger partial charge >= 0.3 is 0 Å². The fourth-order valence-electron chi connectivity index (χ4n) is 3.20. The number of nitrogens with zero attached hydrogens (tertiary/aromatic N) is 1. The number of halogens is 1. The van der Waals surface area contributed by atoms with E-state index in [0.717, 1.165) is 11.3 Å². The molecule has 0 aliphatic carbocycles. The number of rotatable bonds is 5. The standard InChI is InChI=1S/C20H19FN2O4/c21-16-8-14(19-15(9-16)11-25-12-26-19)6-7-22-20(24)18-10-17(23-27-18)13-4-2-1-3-5-13/h1-5,8-9,18H,6-7,10-12H2,(H,22,24). The Kier molecular flexibility index (Phi) is 5.02. The first-order valence-corrected chi connectivity index (χ1v) is 8.78. The van der Waals surface area contributed by atoms with Crippen LogP contribution in [0.2, 0.25) is 0 Å². The number of hydrogen-bond donors (Lipinski definition) is 1. The van der Waals surface area contributed by atoms with Crippen LogP contribution in [-0.4, -0.2) is 31.1 Å². The van der Waals surface area contributed by atoms with Crippen LogP contribution < -0.4 is 10.1 Å². The van der Waals surface area contributed by atoms with Crippen LogP contribution in [0.1, 0.15) is 23.1 Å². The SMILES string of the molecule is O=C(NCCc1cc(F)cc2c1OCOC2)C1CC(c2ccccc2)=NO1. The molecule has 0 spiro atoms. The summed E-state index contributed by atoms with van der Waals surface area (Å²) < 4.78 is 24.4. The van der Waals surface area contributed by atoms with Crippen molar-refractivity contribution < 1.29 is 23.5 Å². The number of nitrogens with one attached hydrogen (secondary N) is 1. The molecule has 0 radical (unpaired) electrons. The molecule has 0 fully saturated rings. The third kappa shape index (κ3) is 3.93. The molecule has 1 atom stereocenters. The van der Waals surface area contributed by atoms with Crippen LogP contribution in [0.4, 0.5) is 4.39 Å². The van der Waals surface area contributed by atoms with E-state index in [1.807, 2.05) is 30.3 Å². The maximum Gasteiger partial charge on any atom is 0.264 e. The molecule has 1 unspecified atom stereocenters. The monoisotopic (exact) mass is 370 g/mol. The lowest BCUT2D eigenvalue weighted by molar-refractivity contribution is -0.131. The van der Waals surface area contributed by atoms with Gasteiger partial charge in [-0.2, -0.15) is 0 Å². The van der Waals surface area contributed by atoms with Crippen molar-refractivity contribution in [3.8, 4) is 5.75 Å². The molecule has 0 bridgehead atoms.